The third-order valence-electron chi connectivity index (χ3n) is 5.13. The summed E-state index contributed by atoms with van der Waals surface area (Å²) in [5, 5.41) is 8.20. The largest absolute Gasteiger partial charge is 0.380 e. The highest BCUT2D eigenvalue weighted by Gasteiger charge is 2.40. The molecule has 6 nitrogen and oxygen atoms in total. The maximum absolute atomic E-state index is 13.0. The molecule has 1 aliphatic heterocycles. The van der Waals surface area contributed by atoms with Gasteiger partial charge in [0.25, 0.3) is 0 Å². The van der Waals surface area contributed by atoms with Gasteiger partial charge < -0.3 is 14.2 Å². The lowest BCUT2D eigenvalue weighted by Gasteiger charge is -2.27. The Morgan fingerprint density at radius 2 is 2.00 bits per heavy atom. The number of rotatable bonds is 3. The molecule has 1 amide bonds. The van der Waals surface area contributed by atoms with E-state index in [-0.39, 0.29) is 24.0 Å². The lowest BCUT2D eigenvalue weighted by molar-refractivity contribution is -0.137. The number of nitrogens with zero attached hydrogens (tertiary/aromatic N) is 4. The van der Waals surface area contributed by atoms with Crippen LogP contribution in [0.2, 0.25) is 0 Å². The van der Waals surface area contributed by atoms with Crippen molar-refractivity contribution < 1.29 is 9.53 Å². The Kier molecular flexibility index (Phi) is 4.76. The second kappa shape index (κ2) is 6.77. The lowest BCUT2D eigenvalue weighted by atomic mass is 9.98. The van der Waals surface area contributed by atoms with Crippen molar-refractivity contribution in [2.24, 2.45) is 13.0 Å². The molecular weight excluding hydrogens is 280 g/mol. The minimum absolute atomic E-state index is 0.00629. The van der Waals surface area contributed by atoms with E-state index in [1.54, 1.807) is 13.4 Å². The molecule has 2 atom stereocenters. The highest BCUT2D eigenvalue weighted by Crippen LogP contribution is 2.35. The van der Waals surface area contributed by atoms with Gasteiger partial charge in [-0.1, -0.05) is 25.7 Å². The standard InChI is InChI=1S/C16H26N4O2/c1-19-11-17-18-15(19)14-9-13(22-2)10-20(14)16(21)12-7-5-3-4-6-8-12/h11-14H,3-10H2,1-2H3/t13-,14+/m1/s1. The number of amides is 1. The van der Waals surface area contributed by atoms with Crippen molar-refractivity contribution in [1.82, 2.24) is 19.7 Å². The van der Waals surface area contributed by atoms with E-state index in [1.165, 1.54) is 25.7 Å². The summed E-state index contributed by atoms with van der Waals surface area (Å²) < 4.78 is 7.43. The number of aromatic nitrogens is 3. The molecule has 2 aliphatic rings. The van der Waals surface area contributed by atoms with Crippen LogP contribution in [0.3, 0.4) is 0 Å². The molecular formula is C16H26N4O2. The summed E-state index contributed by atoms with van der Waals surface area (Å²) in [6, 6.07) is -0.00629. The minimum atomic E-state index is -0.00629. The van der Waals surface area contributed by atoms with E-state index < -0.39 is 0 Å². The summed E-state index contributed by atoms with van der Waals surface area (Å²) >= 11 is 0. The Bertz CT molecular complexity index is 508. The monoisotopic (exact) mass is 306 g/mol. The number of carbonyl (C=O) groups is 1. The van der Waals surface area contributed by atoms with Gasteiger partial charge in [0, 0.05) is 33.0 Å². The Labute approximate surface area is 131 Å². The molecule has 3 rings (SSSR count). The van der Waals surface area contributed by atoms with Gasteiger partial charge in [-0.3, -0.25) is 4.79 Å². The van der Waals surface area contributed by atoms with E-state index in [1.807, 2.05) is 16.5 Å². The molecule has 2 heterocycles. The van der Waals surface area contributed by atoms with Crippen LogP contribution in [0.25, 0.3) is 0 Å². The average Bonchev–Trinajstić information content (AvgIpc) is 3.03. The fourth-order valence-electron chi connectivity index (χ4n) is 3.81. The quantitative estimate of drug-likeness (QED) is 0.802. The van der Waals surface area contributed by atoms with E-state index >= 15 is 0 Å². The van der Waals surface area contributed by atoms with Gasteiger partial charge in [-0.15, -0.1) is 10.2 Å². The van der Waals surface area contributed by atoms with Crippen LogP contribution in [0.5, 0.6) is 0 Å². The molecule has 22 heavy (non-hydrogen) atoms. The zero-order valence-corrected chi connectivity index (χ0v) is 13.6. The fourth-order valence-corrected chi connectivity index (χ4v) is 3.81. The fraction of sp³-hybridized carbons (Fsp3) is 0.812. The maximum atomic E-state index is 13.0. The van der Waals surface area contributed by atoms with Gasteiger partial charge in [0.2, 0.25) is 5.91 Å². The molecule has 0 unspecified atom stereocenters. The smallest absolute Gasteiger partial charge is 0.226 e. The SMILES string of the molecule is CO[C@@H]1C[C@@H](c2nncn2C)N(C(=O)C2CCCCCC2)C1. The zero-order valence-electron chi connectivity index (χ0n) is 13.6. The predicted octanol–water partition coefficient (Wildman–Crippen LogP) is 2.07. The second-order valence-electron chi connectivity index (χ2n) is 6.59. The summed E-state index contributed by atoms with van der Waals surface area (Å²) in [6.07, 6.45) is 9.52. The molecule has 0 aromatic carbocycles. The van der Waals surface area contributed by atoms with Crippen molar-refractivity contribution >= 4 is 5.91 Å². The highest BCUT2D eigenvalue weighted by molar-refractivity contribution is 5.79. The first kappa shape index (κ1) is 15.5. The Morgan fingerprint density at radius 3 is 2.59 bits per heavy atom. The van der Waals surface area contributed by atoms with Crippen LogP contribution in [0, 0.1) is 5.92 Å². The zero-order chi connectivity index (χ0) is 15.5. The van der Waals surface area contributed by atoms with Crippen LogP contribution in [0.1, 0.15) is 56.8 Å². The third-order valence-corrected chi connectivity index (χ3v) is 5.13. The molecule has 0 N–H and O–H groups in total. The van der Waals surface area contributed by atoms with Gasteiger partial charge in [-0.2, -0.15) is 0 Å². The first-order valence-electron chi connectivity index (χ1n) is 8.38. The number of aryl methyl sites for hydroxylation is 1. The number of methoxy groups -OCH3 is 1. The summed E-state index contributed by atoms with van der Waals surface area (Å²) in [6.45, 7) is 0.670. The van der Waals surface area contributed by atoms with Crippen LogP contribution in [-0.4, -0.2) is 45.3 Å². The van der Waals surface area contributed by atoms with Crippen molar-refractivity contribution in [2.45, 2.75) is 57.1 Å². The van der Waals surface area contributed by atoms with Crippen LogP contribution >= 0.6 is 0 Å². The van der Waals surface area contributed by atoms with E-state index in [4.69, 9.17) is 4.74 Å². The Balaban J connectivity index is 1.79. The van der Waals surface area contributed by atoms with Gasteiger partial charge in [0.1, 0.15) is 6.33 Å². The summed E-state index contributed by atoms with van der Waals surface area (Å²) in [5.74, 6) is 1.32. The van der Waals surface area contributed by atoms with Gasteiger partial charge in [0.05, 0.1) is 12.1 Å². The van der Waals surface area contributed by atoms with Gasteiger partial charge in [-0.05, 0) is 12.8 Å². The van der Waals surface area contributed by atoms with Gasteiger partial charge in [0.15, 0.2) is 5.82 Å². The van der Waals surface area contributed by atoms with E-state index in [0.717, 1.165) is 25.1 Å². The van der Waals surface area contributed by atoms with Crippen molar-refractivity contribution in [3.05, 3.63) is 12.2 Å². The van der Waals surface area contributed by atoms with E-state index in [2.05, 4.69) is 10.2 Å². The van der Waals surface area contributed by atoms with Crippen LogP contribution in [-0.2, 0) is 16.6 Å². The minimum Gasteiger partial charge on any atom is -0.380 e. The van der Waals surface area contributed by atoms with E-state index in [0.29, 0.717) is 6.54 Å². The molecule has 1 aromatic rings. The van der Waals surface area contributed by atoms with Crippen molar-refractivity contribution in [3.63, 3.8) is 0 Å². The Hall–Kier alpha value is -1.43. The molecule has 1 aromatic heterocycles. The molecule has 6 heteroatoms. The number of hydrogen-bond donors (Lipinski definition) is 0. The molecule has 0 spiro atoms. The molecule has 122 valence electrons. The first-order valence-corrected chi connectivity index (χ1v) is 8.38. The molecule has 1 saturated heterocycles. The maximum Gasteiger partial charge on any atom is 0.226 e. The van der Waals surface area contributed by atoms with Crippen molar-refractivity contribution in [3.8, 4) is 0 Å². The van der Waals surface area contributed by atoms with Crippen molar-refractivity contribution in [1.29, 1.82) is 0 Å². The Morgan fingerprint density at radius 1 is 1.27 bits per heavy atom. The summed E-state index contributed by atoms with van der Waals surface area (Å²) in [4.78, 5) is 15.0. The lowest BCUT2D eigenvalue weighted by Crippen LogP contribution is -2.37. The average molecular weight is 306 g/mol. The number of ether oxygens (including phenoxy) is 1. The van der Waals surface area contributed by atoms with Crippen LogP contribution in [0.15, 0.2) is 6.33 Å². The topological polar surface area (TPSA) is 60.3 Å². The molecule has 0 bridgehead atoms. The molecule has 0 radical (unpaired) electrons. The summed E-state index contributed by atoms with van der Waals surface area (Å²) in [7, 11) is 3.65. The van der Waals surface area contributed by atoms with Gasteiger partial charge in [-0.25, -0.2) is 0 Å². The second-order valence-corrected chi connectivity index (χ2v) is 6.59. The van der Waals surface area contributed by atoms with Gasteiger partial charge >= 0.3 is 0 Å². The molecule has 2 fully saturated rings. The summed E-state index contributed by atoms with van der Waals surface area (Å²) in [5.41, 5.74) is 0. The molecule has 1 saturated carbocycles. The number of carbonyl (C=O) groups excluding carboxylic acids is 1. The molecule has 1 aliphatic carbocycles. The number of hydrogen-bond acceptors (Lipinski definition) is 4. The normalized spacial score (nSPS) is 27.1. The number of likely N-dealkylation sites (tertiary alicyclic amines) is 1. The van der Waals surface area contributed by atoms with Crippen LogP contribution < -0.4 is 0 Å². The van der Waals surface area contributed by atoms with E-state index in [9.17, 15) is 4.79 Å². The predicted molar refractivity (Wildman–Crippen MR) is 82.1 cm³/mol. The highest BCUT2D eigenvalue weighted by atomic mass is 16.5. The van der Waals surface area contributed by atoms with Crippen molar-refractivity contribution in [2.75, 3.05) is 13.7 Å². The first-order chi connectivity index (χ1) is 10.7. The van der Waals surface area contributed by atoms with Crippen LogP contribution in [0.4, 0.5) is 0 Å². The third kappa shape index (κ3) is 3.02.